The van der Waals surface area contributed by atoms with Crippen LogP contribution in [-0.2, 0) is 16.0 Å². The lowest BCUT2D eigenvalue weighted by atomic mass is 10.1. The van der Waals surface area contributed by atoms with Gasteiger partial charge in [-0.25, -0.2) is 0 Å². The molecule has 1 N–H and O–H groups in total. The fourth-order valence-corrected chi connectivity index (χ4v) is 3.14. The molecule has 19 heavy (non-hydrogen) atoms. The maximum atomic E-state index is 11.9. The first-order chi connectivity index (χ1) is 9.15. The van der Waals surface area contributed by atoms with Gasteiger partial charge in [0.05, 0.1) is 6.54 Å². The molecule has 0 bridgehead atoms. The van der Waals surface area contributed by atoms with Gasteiger partial charge >= 0.3 is 0 Å². The van der Waals surface area contributed by atoms with Crippen LogP contribution in [0.5, 0.6) is 0 Å². The highest BCUT2D eigenvalue weighted by molar-refractivity contribution is 7.09. The van der Waals surface area contributed by atoms with Gasteiger partial charge in [0, 0.05) is 30.3 Å². The SMILES string of the molecule is CC(Cc1cccs1)NC(=O)CN1CCCCC1=O. The number of hydrogen-bond acceptors (Lipinski definition) is 3. The van der Waals surface area contributed by atoms with E-state index in [-0.39, 0.29) is 24.4 Å². The molecule has 2 heterocycles. The summed E-state index contributed by atoms with van der Waals surface area (Å²) in [6.45, 7) is 2.91. The summed E-state index contributed by atoms with van der Waals surface area (Å²) in [6, 6.07) is 4.19. The Labute approximate surface area is 117 Å². The van der Waals surface area contributed by atoms with Gasteiger partial charge < -0.3 is 10.2 Å². The molecule has 104 valence electrons. The van der Waals surface area contributed by atoms with E-state index in [2.05, 4.69) is 11.4 Å². The second-order valence-electron chi connectivity index (χ2n) is 5.02. The van der Waals surface area contributed by atoms with E-state index < -0.39 is 0 Å². The summed E-state index contributed by atoms with van der Waals surface area (Å²) in [5.41, 5.74) is 0. The van der Waals surface area contributed by atoms with Crippen LogP contribution in [0.3, 0.4) is 0 Å². The van der Waals surface area contributed by atoms with Gasteiger partial charge in [-0.2, -0.15) is 0 Å². The normalized spacial score (nSPS) is 17.3. The van der Waals surface area contributed by atoms with E-state index in [0.29, 0.717) is 13.0 Å². The maximum Gasteiger partial charge on any atom is 0.239 e. The third-order valence-corrected chi connectivity index (χ3v) is 4.15. The average molecular weight is 280 g/mol. The number of likely N-dealkylation sites (tertiary alicyclic amines) is 1. The number of nitrogens with one attached hydrogen (secondary N) is 1. The molecule has 1 atom stereocenters. The van der Waals surface area contributed by atoms with Crippen molar-refractivity contribution in [2.75, 3.05) is 13.1 Å². The van der Waals surface area contributed by atoms with Crippen molar-refractivity contribution in [1.82, 2.24) is 10.2 Å². The maximum absolute atomic E-state index is 11.9. The number of nitrogens with zero attached hydrogens (tertiary/aromatic N) is 1. The molecular weight excluding hydrogens is 260 g/mol. The minimum atomic E-state index is -0.0562. The standard InChI is InChI=1S/C14H20N2O2S/c1-11(9-12-5-4-8-19-12)15-13(17)10-16-7-3-2-6-14(16)18/h4-5,8,11H,2-3,6-7,9-10H2,1H3,(H,15,17). The molecule has 0 aliphatic carbocycles. The zero-order chi connectivity index (χ0) is 13.7. The number of carbonyl (C=O) groups is 2. The van der Waals surface area contributed by atoms with Crippen LogP contribution in [0.1, 0.15) is 31.1 Å². The van der Waals surface area contributed by atoms with Gasteiger partial charge in [0.25, 0.3) is 0 Å². The Balaban J connectivity index is 1.75. The second-order valence-corrected chi connectivity index (χ2v) is 6.06. The van der Waals surface area contributed by atoms with Gasteiger partial charge in [0.15, 0.2) is 0 Å². The Bertz CT molecular complexity index is 431. The summed E-state index contributed by atoms with van der Waals surface area (Å²) in [6.07, 6.45) is 3.38. The number of rotatable bonds is 5. The zero-order valence-electron chi connectivity index (χ0n) is 11.2. The van der Waals surface area contributed by atoms with Gasteiger partial charge in [-0.3, -0.25) is 9.59 Å². The number of hydrogen-bond donors (Lipinski definition) is 1. The van der Waals surface area contributed by atoms with E-state index in [4.69, 9.17) is 0 Å². The van der Waals surface area contributed by atoms with E-state index in [1.165, 1.54) is 4.88 Å². The molecular formula is C14H20N2O2S. The van der Waals surface area contributed by atoms with Crippen molar-refractivity contribution in [1.29, 1.82) is 0 Å². The molecule has 1 aliphatic heterocycles. The van der Waals surface area contributed by atoms with Crippen LogP contribution in [0, 0.1) is 0 Å². The molecule has 4 nitrogen and oxygen atoms in total. The summed E-state index contributed by atoms with van der Waals surface area (Å²) in [7, 11) is 0. The van der Waals surface area contributed by atoms with Crippen LogP contribution in [0.25, 0.3) is 0 Å². The lowest BCUT2D eigenvalue weighted by molar-refractivity contribution is -0.138. The lowest BCUT2D eigenvalue weighted by Gasteiger charge is -2.26. The van der Waals surface area contributed by atoms with Crippen LogP contribution in [-0.4, -0.2) is 35.8 Å². The molecule has 1 unspecified atom stereocenters. The van der Waals surface area contributed by atoms with Crippen molar-refractivity contribution in [2.45, 2.75) is 38.6 Å². The van der Waals surface area contributed by atoms with Gasteiger partial charge in [0.2, 0.25) is 11.8 Å². The van der Waals surface area contributed by atoms with E-state index in [0.717, 1.165) is 19.3 Å². The molecule has 1 aromatic heterocycles. The Morgan fingerprint density at radius 1 is 1.53 bits per heavy atom. The van der Waals surface area contributed by atoms with Gasteiger partial charge in [-0.05, 0) is 31.2 Å². The van der Waals surface area contributed by atoms with Crippen molar-refractivity contribution in [3.05, 3.63) is 22.4 Å². The highest BCUT2D eigenvalue weighted by atomic mass is 32.1. The Morgan fingerprint density at radius 2 is 2.37 bits per heavy atom. The van der Waals surface area contributed by atoms with Crippen molar-refractivity contribution in [2.24, 2.45) is 0 Å². The molecule has 0 saturated carbocycles. The molecule has 0 spiro atoms. The quantitative estimate of drug-likeness (QED) is 0.894. The highest BCUT2D eigenvalue weighted by Crippen LogP contribution is 2.12. The monoisotopic (exact) mass is 280 g/mol. The first kappa shape index (κ1) is 14.1. The number of piperidine rings is 1. The molecule has 0 aromatic carbocycles. The Hall–Kier alpha value is -1.36. The van der Waals surface area contributed by atoms with Gasteiger partial charge in [0.1, 0.15) is 0 Å². The molecule has 2 rings (SSSR count). The summed E-state index contributed by atoms with van der Waals surface area (Å²) in [5, 5.41) is 5.00. The van der Waals surface area contributed by atoms with Crippen LogP contribution in [0.4, 0.5) is 0 Å². The molecule has 0 radical (unpaired) electrons. The fourth-order valence-electron chi connectivity index (χ4n) is 2.30. The Morgan fingerprint density at radius 3 is 3.05 bits per heavy atom. The number of amides is 2. The molecule has 1 saturated heterocycles. The lowest BCUT2D eigenvalue weighted by Crippen LogP contribution is -2.45. The van der Waals surface area contributed by atoms with Crippen LogP contribution in [0.2, 0.25) is 0 Å². The van der Waals surface area contributed by atoms with Crippen molar-refractivity contribution in [3.63, 3.8) is 0 Å². The third-order valence-electron chi connectivity index (χ3n) is 3.25. The van der Waals surface area contributed by atoms with Crippen LogP contribution < -0.4 is 5.32 Å². The Kier molecular flexibility index (Phi) is 4.96. The highest BCUT2D eigenvalue weighted by Gasteiger charge is 2.20. The molecule has 5 heteroatoms. The van der Waals surface area contributed by atoms with Crippen molar-refractivity contribution >= 4 is 23.2 Å². The summed E-state index contributed by atoms with van der Waals surface area (Å²) < 4.78 is 0. The third kappa shape index (κ3) is 4.35. The average Bonchev–Trinajstić information content (AvgIpc) is 2.84. The molecule has 1 aliphatic rings. The van der Waals surface area contributed by atoms with E-state index in [1.54, 1.807) is 16.2 Å². The zero-order valence-corrected chi connectivity index (χ0v) is 12.0. The van der Waals surface area contributed by atoms with E-state index in [9.17, 15) is 9.59 Å². The number of thiophene rings is 1. The van der Waals surface area contributed by atoms with Crippen LogP contribution in [0.15, 0.2) is 17.5 Å². The first-order valence-corrected chi connectivity index (χ1v) is 7.62. The summed E-state index contributed by atoms with van der Waals surface area (Å²) >= 11 is 1.70. The van der Waals surface area contributed by atoms with Crippen molar-refractivity contribution in [3.8, 4) is 0 Å². The van der Waals surface area contributed by atoms with E-state index >= 15 is 0 Å². The summed E-state index contributed by atoms with van der Waals surface area (Å²) in [5.74, 6) is 0.0478. The van der Waals surface area contributed by atoms with E-state index in [1.807, 2.05) is 18.4 Å². The molecule has 2 amide bonds. The largest absolute Gasteiger partial charge is 0.352 e. The fraction of sp³-hybridized carbons (Fsp3) is 0.571. The topological polar surface area (TPSA) is 49.4 Å². The first-order valence-electron chi connectivity index (χ1n) is 6.74. The predicted molar refractivity (Wildman–Crippen MR) is 76.1 cm³/mol. The van der Waals surface area contributed by atoms with Crippen LogP contribution >= 0.6 is 11.3 Å². The minimum absolute atomic E-state index is 0.0562. The smallest absolute Gasteiger partial charge is 0.239 e. The second kappa shape index (κ2) is 6.70. The van der Waals surface area contributed by atoms with Gasteiger partial charge in [-0.15, -0.1) is 11.3 Å². The van der Waals surface area contributed by atoms with Crippen molar-refractivity contribution < 1.29 is 9.59 Å². The molecule has 1 fully saturated rings. The van der Waals surface area contributed by atoms with Gasteiger partial charge in [-0.1, -0.05) is 6.07 Å². The number of carbonyl (C=O) groups excluding carboxylic acids is 2. The summed E-state index contributed by atoms with van der Waals surface area (Å²) in [4.78, 5) is 26.4. The molecule has 1 aromatic rings. The minimum Gasteiger partial charge on any atom is -0.352 e. The predicted octanol–water partition coefficient (Wildman–Crippen LogP) is 1.81.